The molecule has 4 rings (SSSR count). The first-order valence-electron chi connectivity index (χ1n) is 9.38. The molecule has 32 heavy (non-hydrogen) atoms. The van der Waals surface area contributed by atoms with Gasteiger partial charge in [-0.3, -0.25) is 0 Å². The predicted molar refractivity (Wildman–Crippen MR) is 126 cm³/mol. The molecule has 0 saturated carbocycles. The van der Waals surface area contributed by atoms with Crippen molar-refractivity contribution in [1.82, 2.24) is 0 Å². The van der Waals surface area contributed by atoms with Gasteiger partial charge in [0.05, 0.1) is 5.92 Å². The van der Waals surface area contributed by atoms with Crippen LogP contribution in [0.15, 0.2) is 92.4 Å². The van der Waals surface area contributed by atoms with Crippen molar-refractivity contribution < 1.29 is 17.3 Å². The van der Waals surface area contributed by atoms with Crippen molar-refractivity contribution in [2.45, 2.75) is 15.7 Å². The smallest absolute Gasteiger partial charge is 0.339 e. The van der Waals surface area contributed by atoms with Crippen molar-refractivity contribution in [1.29, 1.82) is 5.26 Å². The largest absolute Gasteiger partial charge is 0.440 e. The van der Waals surface area contributed by atoms with Gasteiger partial charge in [-0.2, -0.15) is 13.7 Å². The zero-order valence-corrected chi connectivity index (χ0v) is 20.0. The highest BCUT2D eigenvalue weighted by Crippen LogP contribution is 2.43. The van der Waals surface area contributed by atoms with E-state index in [1.54, 1.807) is 30.0 Å². The summed E-state index contributed by atoms with van der Waals surface area (Å²) in [5, 5.41) is 9.70. The Balaban J connectivity index is 1.72. The molecule has 162 valence electrons. The third-order valence-electron chi connectivity index (χ3n) is 4.93. The number of halogens is 1. The molecule has 6 nitrogen and oxygen atoms in total. The maximum Gasteiger partial charge on any atom is 0.339 e. The first-order valence-corrected chi connectivity index (χ1v) is 12.8. The zero-order chi connectivity index (χ0) is 22.9. The normalized spacial score (nSPS) is 15.5. The number of hydrogen-bond donors (Lipinski definition) is 1. The SMILES string of the molecule is CSc1ccc(C2C(C#N)=C(N)Oc3cc(OS(=O)(=O)c4cccc(Br)c4)ccc32)cc1. The molecule has 0 aliphatic carbocycles. The Morgan fingerprint density at radius 2 is 1.88 bits per heavy atom. The molecule has 1 unspecified atom stereocenters. The van der Waals surface area contributed by atoms with Crippen molar-refractivity contribution in [2.75, 3.05) is 6.26 Å². The molecule has 3 aromatic rings. The van der Waals surface area contributed by atoms with Gasteiger partial charge in [-0.05, 0) is 48.2 Å². The molecule has 1 aliphatic heterocycles. The molecular weight excluding hydrogens is 512 g/mol. The summed E-state index contributed by atoms with van der Waals surface area (Å²) in [5.74, 6) is -0.0443. The van der Waals surface area contributed by atoms with E-state index in [0.29, 0.717) is 21.4 Å². The number of thioether (sulfide) groups is 1. The van der Waals surface area contributed by atoms with Crippen molar-refractivity contribution in [3.63, 3.8) is 0 Å². The number of fused-ring (bicyclic) bond motifs is 1. The van der Waals surface area contributed by atoms with E-state index in [-0.39, 0.29) is 16.5 Å². The van der Waals surface area contributed by atoms with Crippen molar-refractivity contribution in [2.24, 2.45) is 5.73 Å². The van der Waals surface area contributed by atoms with Crippen LogP contribution in [0.4, 0.5) is 0 Å². The van der Waals surface area contributed by atoms with Gasteiger partial charge in [0.25, 0.3) is 0 Å². The molecule has 0 radical (unpaired) electrons. The van der Waals surface area contributed by atoms with Crippen molar-refractivity contribution in [3.8, 4) is 17.6 Å². The molecule has 3 aromatic carbocycles. The lowest BCUT2D eigenvalue weighted by Gasteiger charge is -2.26. The van der Waals surface area contributed by atoms with Crippen LogP contribution in [0.2, 0.25) is 0 Å². The lowest BCUT2D eigenvalue weighted by atomic mass is 9.83. The van der Waals surface area contributed by atoms with Crippen molar-refractivity contribution >= 4 is 37.8 Å². The Bertz CT molecular complexity index is 1360. The van der Waals surface area contributed by atoms with E-state index < -0.39 is 16.0 Å². The predicted octanol–water partition coefficient (Wildman–Crippen LogP) is 5.16. The first kappa shape index (κ1) is 22.3. The second-order valence-electron chi connectivity index (χ2n) is 6.89. The maximum absolute atomic E-state index is 12.7. The van der Waals surface area contributed by atoms with E-state index >= 15 is 0 Å². The topological polar surface area (TPSA) is 102 Å². The van der Waals surface area contributed by atoms with Gasteiger partial charge >= 0.3 is 10.1 Å². The van der Waals surface area contributed by atoms with E-state index in [1.165, 1.54) is 24.3 Å². The monoisotopic (exact) mass is 528 g/mol. The van der Waals surface area contributed by atoms with Crippen LogP contribution >= 0.6 is 27.7 Å². The number of nitrogens with two attached hydrogens (primary N) is 1. The second kappa shape index (κ2) is 8.90. The Kier molecular flexibility index (Phi) is 6.20. The van der Waals surface area contributed by atoms with Crippen LogP contribution in [0.1, 0.15) is 17.0 Å². The van der Waals surface area contributed by atoms with E-state index in [1.807, 2.05) is 30.5 Å². The third kappa shape index (κ3) is 4.35. The van der Waals surface area contributed by atoms with Gasteiger partial charge in [0, 0.05) is 21.0 Å². The number of nitrogens with zero attached hydrogens (tertiary/aromatic N) is 1. The average molecular weight is 529 g/mol. The van der Waals surface area contributed by atoms with Gasteiger partial charge in [0.15, 0.2) is 0 Å². The van der Waals surface area contributed by atoms with Crippen molar-refractivity contribution in [3.05, 3.63) is 93.8 Å². The standard InChI is InChI=1S/C23H17BrN2O4S2/c1-31-17-8-5-14(6-9-17)22-19-10-7-16(12-21(19)29-23(26)20(22)13-25)30-32(27,28)18-4-2-3-15(24)11-18/h2-12,22H,26H2,1H3. The fourth-order valence-corrected chi connectivity index (χ4v) is 5.35. The number of rotatable bonds is 5. The Labute approximate surface area is 198 Å². The quantitative estimate of drug-likeness (QED) is 0.360. The summed E-state index contributed by atoms with van der Waals surface area (Å²) >= 11 is 4.88. The van der Waals surface area contributed by atoms with Crippen LogP contribution < -0.4 is 14.7 Å². The molecule has 0 bridgehead atoms. The highest BCUT2D eigenvalue weighted by atomic mass is 79.9. The minimum absolute atomic E-state index is 0.0171. The summed E-state index contributed by atoms with van der Waals surface area (Å²) in [5.41, 5.74) is 7.91. The summed E-state index contributed by atoms with van der Waals surface area (Å²) in [6.07, 6.45) is 1.99. The van der Waals surface area contributed by atoms with Crippen LogP contribution in [-0.4, -0.2) is 14.7 Å². The number of nitriles is 1. The van der Waals surface area contributed by atoms with E-state index in [0.717, 1.165) is 10.5 Å². The molecular formula is C23H17BrN2O4S2. The minimum atomic E-state index is -4.05. The summed E-state index contributed by atoms with van der Waals surface area (Å²) in [6.45, 7) is 0. The van der Waals surface area contributed by atoms with Gasteiger partial charge in [-0.15, -0.1) is 11.8 Å². The van der Waals surface area contributed by atoms with Gasteiger partial charge in [-0.25, -0.2) is 0 Å². The highest BCUT2D eigenvalue weighted by Gasteiger charge is 2.31. The molecule has 0 aromatic heterocycles. The van der Waals surface area contributed by atoms with Crippen LogP contribution in [0.3, 0.4) is 0 Å². The van der Waals surface area contributed by atoms with Gasteiger partial charge in [-0.1, -0.05) is 40.2 Å². The van der Waals surface area contributed by atoms with Gasteiger partial charge < -0.3 is 14.7 Å². The summed E-state index contributed by atoms with van der Waals surface area (Å²) in [6, 6.07) is 20.9. The van der Waals surface area contributed by atoms with Crippen LogP contribution in [0.5, 0.6) is 11.5 Å². The number of ether oxygens (including phenoxy) is 1. The summed E-state index contributed by atoms with van der Waals surface area (Å²) < 4.78 is 36.9. The molecule has 9 heteroatoms. The number of hydrogen-bond acceptors (Lipinski definition) is 7. The minimum Gasteiger partial charge on any atom is -0.440 e. The molecule has 1 heterocycles. The Morgan fingerprint density at radius 1 is 1.12 bits per heavy atom. The van der Waals surface area contributed by atoms with E-state index in [9.17, 15) is 13.7 Å². The third-order valence-corrected chi connectivity index (χ3v) is 7.41. The molecule has 0 fully saturated rings. The molecule has 0 spiro atoms. The second-order valence-corrected chi connectivity index (χ2v) is 10.2. The molecule has 0 amide bonds. The van der Waals surface area contributed by atoms with Crippen LogP contribution in [0, 0.1) is 11.3 Å². The average Bonchev–Trinajstić information content (AvgIpc) is 2.78. The first-order chi connectivity index (χ1) is 15.3. The van der Waals surface area contributed by atoms with Crippen LogP contribution in [-0.2, 0) is 10.1 Å². The fraction of sp³-hybridized carbons (Fsp3) is 0.0870. The van der Waals surface area contributed by atoms with Gasteiger partial charge in [0.1, 0.15) is 28.0 Å². The highest BCUT2D eigenvalue weighted by molar-refractivity contribution is 9.10. The number of benzene rings is 3. The van der Waals surface area contributed by atoms with E-state index in [2.05, 4.69) is 22.0 Å². The van der Waals surface area contributed by atoms with E-state index in [4.69, 9.17) is 14.7 Å². The summed E-state index contributed by atoms with van der Waals surface area (Å²) in [7, 11) is -4.05. The molecule has 1 aliphatic rings. The fourth-order valence-electron chi connectivity index (χ4n) is 3.42. The number of allylic oxidation sites excluding steroid dienone is 1. The summed E-state index contributed by atoms with van der Waals surface area (Å²) in [4.78, 5) is 1.11. The zero-order valence-electron chi connectivity index (χ0n) is 16.8. The lowest BCUT2D eigenvalue weighted by Crippen LogP contribution is -2.21. The van der Waals surface area contributed by atoms with Gasteiger partial charge in [0.2, 0.25) is 5.88 Å². The Hall–Kier alpha value is -2.93. The lowest BCUT2D eigenvalue weighted by molar-refractivity contribution is 0.391. The molecule has 2 N–H and O–H groups in total. The molecule has 1 atom stereocenters. The Morgan fingerprint density at radius 3 is 2.53 bits per heavy atom. The molecule has 0 saturated heterocycles. The maximum atomic E-state index is 12.7. The van der Waals surface area contributed by atoms with Crippen LogP contribution in [0.25, 0.3) is 0 Å².